The Labute approximate surface area is 442 Å². The number of primary amides is 1. The number of H-pyrrole nitrogens is 1. The molecule has 0 fully saturated rings. The fourth-order valence-electron chi connectivity index (χ4n) is 7.95. The predicted molar refractivity (Wildman–Crippen MR) is 287 cm³/mol. The number of fused-ring (bicyclic) bond motifs is 1. The van der Waals surface area contributed by atoms with Gasteiger partial charge in [-0.2, -0.15) is 0 Å². The maximum absolute atomic E-state index is 14.8. The molecule has 414 valence electrons. The summed E-state index contributed by atoms with van der Waals surface area (Å²) in [6, 6.07) is 9.79. The average molecular weight is 1070 g/mol. The molecule has 28 heteroatoms. The number of nitrogens with zero attached hydrogens (tertiary/aromatic N) is 4. The number of rotatable bonds is 31. The Morgan fingerprint density at radius 2 is 0.935 bits per heavy atom. The summed E-state index contributed by atoms with van der Waals surface area (Å²) in [6.07, 6.45) is 1.53. The zero-order valence-corrected chi connectivity index (χ0v) is 42.4. The van der Waals surface area contributed by atoms with Crippen LogP contribution in [0.15, 0.2) is 94.0 Å². The molecule has 6 atom stereocenters. The third kappa shape index (κ3) is 20.7. The van der Waals surface area contributed by atoms with Crippen molar-refractivity contribution in [3.63, 3.8) is 0 Å². The largest absolute Gasteiger partial charge is 0.508 e. The number of nitro benzene ring substituents is 1. The number of aromatic hydroxyl groups is 1. The predicted octanol–water partition coefficient (Wildman–Crippen LogP) is -2.62. The molecule has 0 saturated carbocycles. The number of nitro groups is 1. The fraction of sp³-hybridized carbons (Fsp3) is 0.388. The standard InChI is InChI=1S/C49H68N18O10/c1-27(68)61-36(10-5-21-58-48(53)54)42(71)64-39(24-29-14-18-32(69)19-15-29)45(74)65-38(23-28-12-16-31(17-13-28)67(76)77)44(73)63-37(11-6-22-59-49(55)56)43(72)66-40(25-30-26-60-34-8-3-2-7-33(30)34)46(75)62-35(41(50)70)9-4-20-57-47(51)52/h2-3,7-8,12-19,26,35-40,60,69H,4-6,9-11,20-25H2,1H3,(H2,50,70)(H,61,68)(H,62,75)(H,63,73)(H,64,71)(H,65,74)(H,66,72)(H4,51,52,57)(H4,53,54,58)(H4,55,56,59)/t35-,36-,37-,38-,39-,40-/m0/s1. The zero-order valence-electron chi connectivity index (χ0n) is 42.4. The molecular formula is C49H68N18O10. The Bertz CT molecular complexity index is 2770. The molecule has 7 amide bonds. The number of carbonyl (C=O) groups excluding carboxylic acids is 7. The van der Waals surface area contributed by atoms with Crippen LogP contribution in [0.3, 0.4) is 0 Å². The zero-order chi connectivity index (χ0) is 56.6. The first-order chi connectivity index (χ1) is 36.6. The Kier molecular flexibility index (Phi) is 23.4. The lowest BCUT2D eigenvalue weighted by atomic mass is 10.0. The van der Waals surface area contributed by atoms with Crippen LogP contribution >= 0.6 is 0 Å². The first-order valence-corrected chi connectivity index (χ1v) is 24.4. The molecule has 1 aromatic heterocycles. The van der Waals surface area contributed by atoms with Crippen molar-refractivity contribution in [2.75, 3.05) is 19.6 Å². The number of aromatic nitrogens is 1. The van der Waals surface area contributed by atoms with E-state index in [1.54, 1.807) is 24.4 Å². The minimum absolute atomic E-state index is 0.00323. The molecule has 3 aromatic carbocycles. The van der Waals surface area contributed by atoms with Gasteiger partial charge in [0.2, 0.25) is 41.4 Å². The summed E-state index contributed by atoms with van der Waals surface area (Å²) in [5.74, 6) is -6.45. The van der Waals surface area contributed by atoms with Crippen molar-refractivity contribution < 1.29 is 43.6 Å². The van der Waals surface area contributed by atoms with Gasteiger partial charge < -0.3 is 82.1 Å². The van der Waals surface area contributed by atoms with Crippen LogP contribution in [-0.2, 0) is 52.8 Å². The minimum atomic E-state index is -1.57. The van der Waals surface area contributed by atoms with E-state index in [-0.39, 0.29) is 107 Å². The number of phenolic OH excluding ortho intramolecular Hbond substituents is 1. The topological polar surface area (TPSA) is 490 Å². The Hall–Kier alpha value is -9.50. The molecule has 77 heavy (non-hydrogen) atoms. The van der Waals surface area contributed by atoms with Crippen LogP contribution in [0, 0.1) is 10.1 Å². The quantitative estimate of drug-likeness (QED) is 0.00807. The molecule has 0 aliphatic carbocycles. The smallest absolute Gasteiger partial charge is 0.269 e. The molecule has 28 nitrogen and oxygen atoms in total. The van der Waals surface area contributed by atoms with E-state index in [1.807, 2.05) is 6.07 Å². The molecule has 1 heterocycles. The number of benzene rings is 3. The van der Waals surface area contributed by atoms with Crippen LogP contribution < -0.4 is 72.0 Å². The second-order valence-electron chi connectivity index (χ2n) is 17.9. The maximum Gasteiger partial charge on any atom is 0.269 e. The van der Waals surface area contributed by atoms with Gasteiger partial charge in [-0.25, -0.2) is 0 Å². The molecule has 0 saturated heterocycles. The summed E-state index contributed by atoms with van der Waals surface area (Å²) in [5, 5.41) is 38.2. The highest BCUT2D eigenvalue weighted by Crippen LogP contribution is 2.20. The van der Waals surface area contributed by atoms with Gasteiger partial charge in [0.15, 0.2) is 17.9 Å². The number of phenols is 1. The van der Waals surface area contributed by atoms with Crippen molar-refractivity contribution in [2.24, 2.45) is 55.1 Å². The lowest BCUT2D eigenvalue weighted by Gasteiger charge is -2.28. The van der Waals surface area contributed by atoms with Crippen molar-refractivity contribution in [2.45, 2.75) is 101 Å². The van der Waals surface area contributed by atoms with E-state index in [0.29, 0.717) is 16.7 Å². The lowest BCUT2D eigenvalue weighted by Crippen LogP contribution is -2.60. The summed E-state index contributed by atoms with van der Waals surface area (Å²) < 4.78 is 0. The molecule has 22 N–H and O–H groups in total. The van der Waals surface area contributed by atoms with Crippen LogP contribution in [0.1, 0.15) is 62.1 Å². The molecule has 0 aliphatic rings. The van der Waals surface area contributed by atoms with Gasteiger partial charge in [0.05, 0.1) is 4.92 Å². The monoisotopic (exact) mass is 1070 g/mol. The molecule has 0 spiro atoms. The van der Waals surface area contributed by atoms with Crippen molar-refractivity contribution in [1.82, 2.24) is 36.9 Å². The Morgan fingerprint density at radius 3 is 1.38 bits per heavy atom. The summed E-state index contributed by atoms with van der Waals surface area (Å²) in [4.78, 5) is 123. The van der Waals surface area contributed by atoms with E-state index in [4.69, 9.17) is 40.1 Å². The van der Waals surface area contributed by atoms with Crippen LogP contribution in [0.5, 0.6) is 5.75 Å². The number of carbonyl (C=O) groups is 7. The van der Waals surface area contributed by atoms with Gasteiger partial charge in [-0.3, -0.25) is 58.7 Å². The van der Waals surface area contributed by atoms with E-state index in [0.717, 1.165) is 10.9 Å². The van der Waals surface area contributed by atoms with E-state index < -0.39 is 82.5 Å². The number of nitrogens with one attached hydrogen (secondary N) is 7. The van der Waals surface area contributed by atoms with Crippen LogP contribution in [-0.4, -0.2) is 130 Å². The second-order valence-corrected chi connectivity index (χ2v) is 17.9. The van der Waals surface area contributed by atoms with E-state index in [1.165, 1.54) is 55.5 Å². The highest BCUT2D eigenvalue weighted by Gasteiger charge is 2.34. The Morgan fingerprint density at radius 1 is 0.545 bits per heavy atom. The molecule has 0 unspecified atom stereocenters. The van der Waals surface area contributed by atoms with Crippen molar-refractivity contribution >= 4 is 75.8 Å². The molecular weight excluding hydrogens is 1000 g/mol. The molecule has 0 aliphatic heterocycles. The third-order valence-electron chi connectivity index (χ3n) is 11.8. The first-order valence-electron chi connectivity index (χ1n) is 24.4. The van der Waals surface area contributed by atoms with Gasteiger partial charge in [-0.1, -0.05) is 42.5 Å². The highest BCUT2D eigenvalue weighted by molar-refractivity contribution is 5.97. The number of nitrogens with two attached hydrogens (primary N) is 7. The third-order valence-corrected chi connectivity index (χ3v) is 11.8. The maximum atomic E-state index is 14.8. The van der Waals surface area contributed by atoms with Crippen LogP contribution in [0.25, 0.3) is 10.9 Å². The van der Waals surface area contributed by atoms with Crippen molar-refractivity contribution in [3.05, 3.63) is 106 Å². The summed E-state index contributed by atoms with van der Waals surface area (Å²) in [5.41, 5.74) is 40.4. The van der Waals surface area contributed by atoms with E-state index in [2.05, 4.69) is 51.9 Å². The van der Waals surface area contributed by atoms with Gasteiger partial charge >= 0.3 is 0 Å². The number of hydrogen-bond acceptors (Lipinski definition) is 13. The number of guanidine groups is 3. The Balaban J connectivity index is 1.73. The SMILES string of the molecule is CC(=O)N[C@@H](CCCN=C(N)N)C(=O)N[C@@H](Cc1ccc(O)cc1)C(=O)N[C@@H](Cc1ccc([N+](=O)[O-])cc1)C(=O)N[C@@H](CCCN=C(N)N)C(=O)N[C@@H](Cc1c[nH]c2ccccc12)C(=O)N[C@@H](CCCN=C(N)N)C(N)=O. The van der Waals surface area contributed by atoms with Crippen molar-refractivity contribution in [3.8, 4) is 5.75 Å². The van der Waals surface area contributed by atoms with Crippen LogP contribution in [0.2, 0.25) is 0 Å². The molecule has 4 aromatic rings. The van der Waals surface area contributed by atoms with E-state index in [9.17, 15) is 48.8 Å². The summed E-state index contributed by atoms with van der Waals surface area (Å²) in [6.45, 7) is 1.44. The summed E-state index contributed by atoms with van der Waals surface area (Å²) in [7, 11) is 0. The van der Waals surface area contributed by atoms with Gasteiger partial charge in [0, 0.05) is 75.1 Å². The average Bonchev–Trinajstić information content (AvgIpc) is 3.78. The van der Waals surface area contributed by atoms with Gasteiger partial charge in [0.1, 0.15) is 42.0 Å². The number of amides is 7. The highest BCUT2D eigenvalue weighted by atomic mass is 16.6. The van der Waals surface area contributed by atoms with Gasteiger partial charge in [-0.05, 0) is 73.4 Å². The fourth-order valence-corrected chi connectivity index (χ4v) is 7.95. The van der Waals surface area contributed by atoms with Gasteiger partial charge in [-0.15, -0.1) is 0 Å². The number of para-hydroxylation sites is 1. The van der Waals surface area contributed by atoms with Crippen molar-refractivity contribution in [1.29, 1.82) is 0 Å². The number of aromatic amines is 1. The second kappa shape index (κ2) is 30.0. The van der Waals surface area contributed by atoms with E-state index >= 15 is 0 Å². The minimum Gasteiger partial charge on any atom is -0.508 e. The molecule has 0 radical (unpaired) electrons. The number of aliphatic imine (C=N–C) groups is 3. The first kappa shape index (κ1) is 60.1. The van der Waals surface area contributed by atoms with Gasteiger partial charge in [0.25, 0.3) is 5.69 Å². The van der Waals surface area contributed by atoms with Crippen LogP contribution in [0.4, 0.5) is 5.69 Å². The normalized spacial score (nSPS) is 13.2. The lowest BCUT2D eigenvalue weighted by molar-refractivity contribution is -0.384. The molecule has 0 bridgehead atoms. The molecule has 4 rings (SSSR count). The number of non-ortho nitro benzene ring substituents is 1. The number of hydrogen-bond donors (Lipinski definition) is 15. The summed E-state index contributed by atoms with van der Waals surface area (Å²) >= 11 is 0.